The van der Waals surface area contributed by atoms with Crippen LogP contribution in [0.1, 0.15) is 15.9 Å². The molecule has 1 N–H and O–H groups in total. The Kier molecular flexibility index (Phi) is 4.07. The number of pyridine rings is 1. The zero-order chi connectivity index (χ0) is 13.7. The summed E-state index contributed by atoms with van der Waals surface area (Å²) < 4.78 is 18.5. The molecule has 4 nitrogen and oxygen atoms in total. The fraction of sp³-hybridized carbons (Fsp3) is 0.143. The Labute approximate surface area is 109 Å². The Hall–Kier alpha value is -2.43. The Bertz CT molecular complexity index is 572. The monoisotopic (exact) mass is 261 g/mol. The summed E-state index contributed by atoms with van der Waals surface area (Å²) in [7, 11) is 0. The molecule has 5 heteroatoms. The lowest BCUT2D eigenvalue weighted by atomic mass is 10.2. The standard InChI is InChI=1S/C14H12FNO3/c15-12-7-11(14(17)18)8-13(9-12)19-6-3-10-1-4-16-5-2-10/h1-2,4-5,7-9H,3,6H2,(H,17,18). The van der Waals surface area contributed by atoms with Gasteiger partial charge in [-0.15, -0.1) is 0 Å². The molecule has 0 bridgehead atoms. The van der Waals surface area contributed by atoms with Crippen LogP contribution in [0.3, 0.4) is 0 Å². The van der Waals surface area contributed by atoms with Gasteiger partial charge in [0.25, 0.3) is 0 Å². The number of aromatic nitrogens is 1. The number of carboxylic acids is 1. The summed E-state index contributed by atoms with van der Waals surface area (Å²) in [5.41, 5.74) is 0.920. The normalized spacial score (nSPS) is 10.2. The predicted molar refractivity (Wildman–Crippen MR) is 66.8 cm³/mol. The first-order valence-electron chi connectivity index (χ1n) is 5.71. The SMILES string of the molecule is O=C(O)c1cc(F)cc(OCCc2ccncc2)c1. The summed E-state index contributed by atoms with van der Waals surface area (Å²) in [6, 6.07) is 7.14. The maximum absolute atomic E-state index is 13.2. The van der Waals surface area contributed by atoms with E-state index in [4.69, 9.17) is 9.84 Å². The number of aromatic carboxylic acids is 1. The number of halogens is 1. The van der Waals surface area contributed by atoms with Crippen molar-refractivity contribution >= 4 is 5.97 Å². The van der Waals surface area contributed by atoms with Crippen LogP contribution in [0.4, 0.5) is 4.39 Å². The molecule has 2 aromatic rings. The van der Waals surface area contributed by atoms with E-state index in [1.807, 2.05) is 12.1 Å². The van der Waals surface area contributed by atoms with Gasteiger partial charge >= 0.3 is 5.97 Å². The number of rotatable bonds is 5. The molecule has 0 unspecified atom stereocenters. The number of ether oxygens (including phenoxy) is 1. The molecule has 0 radical (unpaired) electrons. The van der Waals surface area contributed by atoms with E-state index in [0.29, 0.717) is 13.0 Å². The quantitative estimate of drug-likeness (QED) is 0.898. The molecule has 0 aliphatic rings. The summed E-state index contributed by atoms with van der Waals surface area (Å²) in [4.78, 5) is 14.7. The molecule has 0 amide bonds. The second kappa shape index (κ2) is 5.95. The third kappa shape index (κ3) is 3.77. The lowest BCUT2D eigenvalue weighted by Gasteiger charge is -2.07. The predicted octanol–water partition coefficient (Wildman–Crippen LogP) is 2.54. The number of benzene rings is 1. The minimum absolute atomic E-state index is 0.126. The molecule has 0 aliphatic carbocycles. The minimum Gasteiger partial charge on any atom is -0.493 e. The average Bonchev–Trinajstić information content (AvgIpc) is 2.39. The number of carboxylic acid groups (broad SMARTS) is 1. The lowest BCUT2D eigenvalue weighted by molar-refractivity contribution is 0.0695. The largest absolute Gasteiger partial charge is 0.493 e. The van der Waals surface area contributed by atoms with Crippen LogP contribution in [0.25, 0.3) is 0 Å². The summed E-state index contributed by atoms with van der Waals surface area (Å²) >= 11 is 0. The van der Waals surface area contributed by atoms with Crippen LogP contribution in [0.5, 0.6) is 5.75 Å². The third-order valence-corrected chi connectivity index (χ3v) is 2.53. The van der Waals surface area contributed by atoms with Crippen molar-refractivity contribution in [3.63, 3.8) is 0 Å². The Morgan fingerprint density at radius 2 is 2.00 bits per heavy atom. The van der Waals surface area contributed by atoms with E-state index >= 15 is 0 Å². The van der Waals surface area contributed by atoms with Crippen molar-refractivity contribution in [1.29, 1.82) is 0 Å². The molecule has 1 heterocycles. The van der Waals surface area contributed by atoms with E-state index < -0.39 is 11.8 Å². The highest BCUT2D eigenvalue weighted by Crippen LogP contribution is 2.16. The van der Waals surface area contributed by atoms with Gasteiger partial charge in [-0.25, -0.2) is 9.18 Å². The molecule has 1 aromatic carbocycles. The van der Waals surface area contributed by atoms with E-state index in [9.17, 15) is 9.18 Å². The van der Waals surface area contributed by atoms with Gasteiger partial charge in [-0.05, 0) is 29.8 Å². The van der Waals surface area contributed by atoms with Crippen molar-refractivity contribution in [2.45, 2.75) is 6.42 Å². The van der Waals surface area contributed by atoms with Gasteiger partial charge in [0.15, 0.2) is 0 Å². The lowest BCUT2D eigenvalue weighted by Crippen LogP contribution is -2.04. The summed E-state index contributed by atoms with van der Waals surface area (Å²) in [6.45, 7) is 0.340. The average molecular weight is 261 g/mol. The van der Waals surface area contributed by atoms with Crippen LogP contribution >= 0.6 is 0 Å². The van der Waals surface area contributed by atoms with Gasteiger partial charge in [-0.3, -0.25) is 4.98 Å². The van der Waals surface area contributed by atoms with Gasteiger partial charge in [0.1, 0.15) is 11.6 Å². The van der Waals surface area contributed by atoms with Gasteiger partial charge in [-0.2, -0.15) is 0 Å². The van der Waals surface area contributed by atoms with Crippen LogP contribution in [0.2, 0.25) is 0 Å². The van der Waals surface area contributed by atoms with Crippen LogP contribution in [-0.2, 0) is 6.42 Å². The van der Waals surface area contributed by atoms with Crippen molar-refractivity contribution in [3.05, 3.63) is 59.7 Å². The van der Waals surface area contributed by atoms with Crippen LogP contribution in [-0.4, -0.2) is 22.7 Å². The minimum atomic E-state index is -1.18. The Morgan fingerprint density at radius 1 is 1.26 bits per heavy atom. The van der Waals surface area contributed by atoms with E-state index in [2.05, 4.69) is 4.98 Å². The van der Waals surface area contributed by atoms with E-state index in [0.717, 1.165) is 11.6 Å². The Balaban J connectivity index is 1.98. The van der Waals surface area contributed by atoms with Crippen LogP contribution in [0, 0.1) is 5.82 Å². The molecule has 0 saturated heterocycles. The van der Waals surface area contributed by atoms with Crippen molar-refractivity contribution in [1.82, 2.24) is 4.98 Å². The van der Waals surface area contributed by atoms with Gasteiger partial charge in [0.2, 0.25) is 0 Å². The zero-order valence-corrected chi connectivity index (χ0v) is 10.0. The van der Waals surface area contributed by atoms with Gasteiger partial charge in [0, 0.05) is 24.9 Å². The fourth-order valence-corrected chi connectivity index (χ4v) is 1.61. The van der Waals surface area contributed by atoms with Crippen LogP contribution < -0.4 is 4.74 Å². The smallest absolute Gasteiger partial charge is 0.335 e. The first-order valence-corrected chi connectivity index (χ1v) is 5.71. The molecule has 0 aliphatic heterocycles. The third-order valence-electron chi connectivity index (χ3n) is 2.53. The maximum Gasteiger partial charge on any atom is 0.335 e. The molecule has 0 atom stereocenters. The molecule has 0 spiro atoms. The van der Waals surface area contributed by atoms with E-state index in [1.165, 1.54) is 12.1 Å². The number of carbonyl (C=O) groups is 1. The maximum atomic E-state index is 13.2. The first kappa shape index (κ1) is 13.0. The molecule has 19 heavy (non-hydrogen) atoms. The number of hydrogen-bond acceptors (Lipinski definition) is 3. The molecule has 0 fully saturated rings. The highest BCUT2D eigenvalue weighted by molar-refractivity contribution is 5.88. The summed E-state index contributed by atoms with van der Waals surface area (Å²) in [5.74, 6) is -1.59. The number of hydrogen-bond donors (Lipinski definition) is 1. The molecule has 98 valence electrons. The van der Waals surface area contributed by atoms with E-state index in [1.54, 1.807) is 12.4 Å². The topological polar surface area (TPSA) is 59.4 Å². The molecule has 2 rings (SSSR count). The highest BCUT2D eigenvalue weighted by atomic mass is 19.1. The van der Waals surface area contributed by atoms with Gasteiger partial charge < -0.3 is 9.84 Å². The van der Waals surface area contributed by atoms with Crippen molar-refractivity contribution in [2.75, 3.05) is 6.61 Å². The van der Waals surface area contributed by atoms with E-state index in [-0.39, 0.29) is 11.3 Å². The highest BCUT2D eigenvalue weighted by Gasteiger charge is 2.07. The number of nitrogens with zero attached hydrogens (tertiary/aromatic N) is 1. The second-order valence-electron chi connectivity index (χ2n) is 3.93. The molecule has 0 saturated carbocycles. The second-order valence-corrected chi connectivity index (χ2v) is 3.93. The van der Waals surface area contributed by atoms with Gasteiger partial charge in [0.05, 0.1) is 12.2 Å². The zero-order valence-electron chi connectivity index (χ0n) is 10.0. The Morgan fingerprint density at radius 3 is 2.68 bits per heavy atom. The van der Waals surface area contributed by atoms with Gasteiger partial charge in [-0.1, -0.05) is 0 Å². The molecular formula is C14H12FNO3. The molecule has 1 aromatic heterocycles. The van der Waals surface area contributed by atoms with Crippen molar-refractivity contribution < 1.29 is 19.0 Å². The van der Waals surface area contributed by atoms with Crippen LogP contribution in [0.15, 0.2) is 42.7 Å². The fourth-order valence-electron chi connectivity index (χ4n) is 1.61. The first-order chi connectivity index (χ1) is 9.15. The summed E-state index contributed by atoms with van der Waals surface area (Å²) in [6.07, 6.45) is 4.00. The van der Waals surface area contributed by atoms with Crippen molar-refractivity contribution in [2.24, 2.45) is 0 Å². The van der Waals surface area contributed by atoms with Crippen molar-refractivity contribution in [3.8, 4) is 5.75 Å². The molecular weight excluding hydrogens is 249 g/mol. The summed E-state index contributed by atoms with van der Waals surface area (Å²) in [5, 5.41) is 8.81.